The Hall–Kier alpha value is -2.71. The van der Waals surface area contributed by atoms with E-state index in [4.69, 9.17) is 4.55 Å². The van der Waals surface area contributed by atoms with E-state index in [0.29, 0.717) is 25.2 Å². The normalized spacial score (nSPS) is 16.4. The monoisotopic (exact) mass is 442 g/mol. The molecule has 1 aromatic heterocycles. The van der Waals surface area contributed by atoms with Gasteiger partial charge in [-0.15, -0.1) is 0 Å². The first-order valence-electron chi connectivity index (χ1n) is 10.5. The molecular weight excluding hydrogens is 416 g/mol. The lowest BCUT2D eigenvalue weighted by Gasteiger charge is -2.30. The van der Waals surface area contributed by atoms with Crippen molar-refractivity contribution in [2.75, 3.05) is 13.1 Å². The van der Waals surface area contributed by atoms with Gasteiger partial charge in [-0.3, -0.25) is 9.35 Å². The molecule has 1 aliphatic heterocycles. The topological polar surface area (TPSA) is 96.8 Å². The zero-order valence-corrected chi connectivity index (χ0v) is 18.5. The Morgan fingerprint density at radius 1 is 1.10 bits per heavy atom. The van der Waals surface area contributed by atoms with E-state index in [1.807, 2.05) is 17.9 Å². The van der Waals surface area contributed by atoms with Crippen LogP contribution in [0.3, 0.4) is 0 Å². The molecule has 1 aromatic carbocycles. The number of hydrogen-bond donors (Lipinski definition) is 1. The molecule has 1 saturated heterocycles. The molecule has 0 radical (unpaired) electrons. The van der Waals surface area contributed by atoms with Gasteiger partial charge in [0, 0.05) is 31.1 Å². The predicted octanol–water partition coefficient (Wildman–Crippen LogP) is 3.50. The fraction of sp³-hybridized carbons (Fsp3) is 0.391. The minimum absolute atomic E-state index is 0.156. The summed E-state index contributed by atoms with van der Waals surface area (Å²) >= 11 is 0. The second-order valence-electron chi connectivity index (χ2n) is 8.04. The molecule has 0 atom stereocenters. The van der Waals surface area contributed by atoms with E-state index in [1.54, 1.807) is 0 Å². The largest absolute Gasteiger partial charge is 0.447 e. The summed E-state index contributed by atoms with van der Waals surface area (Å²) in [6.07, 6.45) is 3.58. The Balaban J connectivity index is 1.84. The molecule has 8 heteroatoms. The van der Waals surface area contributed by atoms with Crippen molar-refractivity contribution < 1.29 is 21.9 Å². The smallest absolute Gasteiger partial charge is 0.342 e. The first-order chi connectivity index (χ1) is 14.7. The molecule has 1 aliphatic carbocycles. The van der Waals surface area contributed by atoms with Crippen LogP contribution in [0.4, 0.5) is 0 Å². The summed E-state index contributed by atoms with van der Waals surface area (Å²) in [7, 11) is -4.66. The van der Waals surface area contributed by atoms with Crippen molar-refractivity contribution in [1.82, 2.24) is 9.88 Å². The van der Waals surface area contributed by atoms with E-state index in [1.165, 1.54) is 22.8 Å². The van der Waals surface area contributed by atoms with E-state index in [9.17, 15) is 13.2 Å². The molecule has 4 rings (SSSR count). The van der Waals surface area contributed by atoms with Gasteiger partial charge in [0.2, 0.25) is 11.8 Å². The summed E-state index contributed by atoms with van der Waals surface area (Å²) in [4.78, 5) is 18.5. The highest BCUT2D eigenvalue weighted by Crippen LogP contribution is 2.39. The Morgan fingerprint density at radius 2 is 1.81 bits per heavy atom. The number of carbonyl (C=O) groups is 1. The number of carbonyl (C=O) groups excluding carboxylic acids is 1. The van der Waals surface area contributed by atoms with Gasteiger partial charge in [0.15, 0.2) is 0 Å². The van der Waals surface area contributed by atoms with Crippen LogP contribution in [-0.4, -0.2) is 41.9 Å². The maximum absolute atomic E-state index is 12.1. The Bertz CT molecular complexity index is 1160. The maximum atomic E-state index is 12.1. The molecule has 164 valence electrons. The summed E-state index contributed by atoms with van der Waals surface area (Å²) < 4.78 is 36.2. The first-order valence-corrected chi connectivity index (χ1v) is 11.9. The van der Waals surface area contributed by atoms with Gasteiger partial charge >= 0.3 is 10.4 Å². The number of pyridine rings is 1. The van der Waals surface area contributed by atoms with Gasteiger partial charge in [0.05, 0.1) is 5.69 Å². The summed E-state index contributed by atoms with van der Waals surface area (Å²) in [5.74, 6) is -0.00295. The fourth-order valence-corrected chi connectivity index (χ4v) is 4.78. The van der Waals surface area contributed by atoms with Crippen molar-refractivity contribution in [3.63, 3.8) is 0 Å². The lowest BCUT2D eigenvalue weighted by atomic mass is 9.88. The molecular formula is C23H26N2O5S. The van der Waals surface area contributed by atoms with Crippen molar-refractivity contribution in [1.29, 1.82) is 0 Å². The maximum Gasteiger partial charge on any atom is 0.447 e. The summed E-state index contributed by atoms with van der Waals surface area (Å²) in [5, 5.41) is 0. The SMILES string of the molecule is CCC(=O)N1CCC(=C2c3ccc(C)cc3CCc3ccc(OS(=O)(=O)O)nc32)CC1. The van der Waals surface area contributed by atoms with E-state index in [-0.39, 0.29) is 11.8 Å². The molecule has 31 heavy (non-hydrogen) atoms. The predicted molar refractivity (Wildman–Crippen MR) is 117 cm³/mol. The fourth-order valence-electron chi connectivity index (χ4n) is 4.47. The zero-order chi connectivity index (χ0) is 22.2. The van der Waals surface area contributed by atoms with Crippen LogP contribution < -0.4 is 4.18 Å². The van der Waals surface area contributed by atoms with Crippen molar-refractivity contribution in [3.8, 4) is 5.88 Å². The number of aryl methyl sites for hydroxylation is 3. The number of nitrogens with zero attached hydrogens (tertiary/aromatic N) is 2. The van der Waals surface area contributed by atoms with Gasteiger partial charge in [-0.1, -0.05) is 42.3 Å². The van der Waals surface area contributed by atoms with Crippen LogP contribution in [0.15, 0.2) is 35.9 Å². The first kappa shape index (κ1) is 21.5. The highest BCUT2D eigenvalue weighted by Gasteiger charge is 2.27. The molecule has 0 saturated carbocycles. The molecule has 2 aliphatic rings. The van der Waals surface area contributed by atoms with Crippen LogP contribution in [0, 0.1) is 6.92 Å². The van der Waals surface area contributed by atoms with Crippen molar-refractivity contribution in [2.45, 2.75) is 46.0 Å². The molecule has 2 aromatic rings. The number of piperidine rings is 1. The lowest BCUT2D eigenvalue weighted by molar-refractivity contribution is -0.131. The molecule has 7 nitrogen and oxygen atoms in total. The molecule has 1 N–H and O–H groups in total. The van der Waals surface area contributed by atoms with Crippen LogP contribution >= 0.6 is 0 Å². The lowest BCUT2D eigenvalue weighted by Crippen LogP contribution is -2.36. The van der Waals surface area contributed by atoms with Gasteiger partial charge in [-0.2, -0.15) is 8.42 Å². The second kappa shape index (κ2) is 8.43. The van der Waals surface area contributed by atoms with Gasteiger partial charge in [0.1, 0.15) is 0 Å². The minimum atomic E-state index is -4.66. The third kappa shape index (κ3) is 4.65. The number of rotatable bonds is 3. The Kier molecular flexibility index (Phi) is 5.85. The van der Waals surface area contributed by atoms with Gasteiger partial charge in [-0.05, 0) is 49.3 Å². The average Bonchev–Trinajstić information content (AvgIpc) is 2.88. The van der Waals surface area contributed by atoms with Gasteiger partial charge in [-0.25, -0.2) is 4.98 Å². The van der Waals surface area contributed by atoms with E-state index < -0.39 is 10.4 Å². The van der Waals surface area contributed by atoms with Crippen molar-refractivity contribution >= 4 is 21.9 Å². The number of hydrogen-bond acceptors (Lipinski definition) is 5. The molecule has 1 fully saturated rings. The quantitative estimate of drug-likeness (QED) is 0.731. The van der Waals surface area contributed by atoms with Crippen LogP contribution in [0.1, 0.15) is 54.1 Å². The molecule has 2 heterocycles. The highest BCUT2D eigenvalue weighted by molar-refractivity contribution is 7.81. The summed E-state index contributed by atoms with van der Waals surface area (Å²) in [5.41, 5.74) is 7.38. The van der Waals surface area contributed by atoms with E-state index in [0.717, 1.165) is 42.4 Å². The molecule has 0 spiro atoms. The minimum Gasteiger partial charge on any atom is -0.342 e. The van der Waals surface area contributed by atoms with Crippen LogP contribution in [0.25, 0.3) is 5.57 Å². The van der Waals surface area contributed by atoms with Crippen LogP contribution in [0.2, 0.25) is 0 Å². The summed E-state index contributed by atoms with van der Waals surface area (Å²) in [6.45, 7) is 5.25. The van der Waals surface area contributed by atoms with Gasteiger partial charge in [0.25, 0.3) is 0 Å². The third-order valence-electron chi connectivity index (χ3n) is 5.95. The Morgan fingerprint density at radius 3 is 2.48 bits per heavy atom. The molecule has 0 bridgehead atoms. The van der Waals surface area contributed by atoms with Crippen LogP contribution in [-0.2, 0) is 28.0 Å². The van der Waals surface area contributed by atoms with Crippen molar-refractivity contribution in [3.05, 3.63) is 63.9 Å². The van der Waals surface area contributed by atoms with E-state index >= 15 is 0 Å². The Labute approximate surface area is 182 Å². The van der Waals surface area contributed by atoms with Crippen LogP contribution in [0.5, 0.6) is 5.88 Å². The second-order valence-corrected chi connectivity index (χ2v) is 9.06. The number of aromatic nitrogens is 1. The number of fused-ring (bicyclic) bond motifs is 2. The van der Waals surface area contributed by atoms with Gasteiger partial charge < -0.3 is 9.08 Å². The third-order valence-corrected chi connectivity index (χ3v) is 6.33. The summed E-state index contributed by atoms with van der Waals surface area (Å²) in [6, 6.07) is 9.64. The standard InChI is InChI=1S/C23H26N2O5S/c1-3-21(26)25-12-10-16(11-13-25)22-19-8-4-15(2)14-18(19)6-5-17-7-9-20(24-23(17)22)30-31(27,28)29/h4,7-9,14H,3,5-6,10-13H2,1-2H3,(H,27,28,29). The number of benzene rings is 1. The number of amides is 1. The number of likely N-dealkylation sites (tertiary alicyclic amines) is 1. The van der Waals surface area contributed by atoms with E-state index in [2.05, 4.69) is 34.3 Å². The average molecular weight is 443 g/mol. The van der Waals surface area contributed by atoms with Crippen molar-refractivity contribution in [2.24, 2.45) is 0 Å². The zero-order valence-electron chi connectivity index (χ0n) is 17.7. The molecule has 1 amide bonds. The highest BCUT2D eigenvalue weighted by atomic mass is 32.3. The molecule has 0 unspecified atom stereocenters.